The summed E-state index contributed by atoms with van der Waals surface area (Å²) in [5.41, 5.74) is 0. The van der Waals surface area contributed by atoms with E-state index in [1.807, 2.05) is 12.1 Å². The molecule has 1 aromatic rings. The van der Waals surface area contributed by atoms with E-state index in [9.17, 15) is 20.4 Å². The fourth-order valence-electron chi connectivity index (χ4n) is 1.31. The molecule has 1 heterocycles. The Morgan fingerprint density at radius 3 is 2.45 bits per heavy atom. The van der Waals surface area contributed by atoms with Gasteiger partial charge in [-0.15, -0.1) is 0 Å². The zero-order chi connectivity index (χ0) is 15.0. The Kier molecular flexibility index (Phi) is 8.41. The van der Waals surface area contributed by atoms with E-state index in [4.69, 9.17) is 5.90 Å². The molecule has 0 aliphatic carbocycles. The van der Waals surface area contributed by atoms with Crippen molar-refractivity contribution in [2.45, 2.75) is 29.4 Å². The molecule has 0 bridgehead atoms. The van der Waals surface area contributed by atoms with Crippen molar-refractivity contribution >= 4 is 21.6 Å². The van der Waals surface area contributed by atoms with E-state index in [1.54, 1.807) is 12.3 Å². The lowest BCUT2D eigenvalue weighted by Gasteiger charge is -2.25. The van der Waals surface area contributed by atoms with Crippen LogP contribution in [0.15, 0.2) is 29.4 Å². The lowest BCUT2D eigenvalue weighted by molar-refractivity contribution is -0.117. The summed E-state index contributed by atoms with van der Waals surface area (Å²) in [5, 5.41) is 39.2. The lowest BCUT2D eigenvalue weighted by Crippen LogP contribution is -2.47. The number of aromatic nitrogens is 1. The number of aliphatic hydroxyl groups is 4. The largest absolute Gasteiger partial charge is 0.389 e. The molecular weight excluding hydrogens is 304 g/mol. The van der Waals surface area contributed by atoms with Crippen molar-refractivity contribution < 1.29 is 25.3 Å². The molecule has 0 spiro atoms. The van der Waals surface area contributed by atoms with Gasteiger partial charge in [-0.3, -0.25) is 0 Å². The number of pyridine rings is 1. The molecule has 7 nitrogen and oxygen atoms in total. The average molecular weight is 322 g/mol. The van der Waals surface area contributed by atoms with Gasteiger partial charge in [0.15, 0.2) is 0 Å². The van der Waals surface area contributed by atoms with Gasteiger partial charge in [0, 0.05) is 11.9 Å². The van der Waals surface area contributed by atoms with Gasteiger partial charge in [0.25, 0.3) is 0 Å². The molecule has 4 atom stereocenters. The number of aliphatic hydroxyl groups excluding tert-OH is 4. The van der Waals surface area contributed by atoms with Gasteiger partial charge in [-0.25, -0.2) is 10.9 Å². The second-order valence-corrected chi connectivity index (χ2v) is 6.35. The average Bonchev–Trinajstić information content (AvgIpc) is 2.47. The Balaban J connectivity index is 2.32. The zero-order valence-corrected chi connectivity index (χ0v) is 12.2. The van der Waals surface area contributed by atoms with Crippen molar-refractivity contribution in [3.63, 3.8) is 0 Å². The second kappa shape index (κ2) is 9.53. The minimum absolute atomic E-state index is 0.162. The van der Waals surface area contributed by atoms with Crippen molar-refractivity contribution in [2.75, 3.05) is 12.4 Å². The van der Waals surface area contributed by atoms with Gasteiger partial charge >= 0.3 is 0 Å². The third-order valence-electron chi connectivity index (χ3n) is 2.43. The van der Waals surface area contributed by atoms with Gasteiger partial charge in [0.2, 0.25) is 0 Å². The maximum absolute atomic E-state index is 9.74. The highest BCUT2D eigenvalue weighted by Crippen LogP contribution is 2.30. The first kappa shape index (κ1) is 17.7. The molecule has 0 radical (unpaired) electrons. The van der Waals surface area contributed by atoms with Crippen molar-refractivity contribution in [1.29, 1.82) is 0 Å². The molecule has 0 aromatic carbocycles. The zero-order valence-electron chi connectivity index (χ0n) is 10.6. The smallest absolute Gasteiger partial charge is 0.111 e. The second-order valence-electron chi connectivity index (χ2n) is 3.99. The first-order valence-corrected chi connectivity index (χ1v) is 8.12. The Morgan fingerprint density at radius 2 is 1.85 bits per heavy atom. The summed E-state index contributed by atoms with van der Waals surface area (Å²) in [4.78, 5) is 8.26. The van der Waals surface area contributed by atoms with Crippen LogP contribution in [0.1, 0.15) is 0 Å². The van der Waals surface area contributed by atoms with E-state index >= 15 is 0 Å². The Morgan fingerprint density at radius 1 is 1.15 bits per heavy atom. The summed E-state index contributed by atoms with van der Waals surface area (Å²) >= 11 is 0. The summed E-state index contributed by atoms with van der Waals surface area (Å²) in [7, 11) is 2.62. The van der Waals surface area contributed by atoms with Crippen LogP contribution >= 0.6 is 21.6 Å². The number of rotatable bonds is 9. The molecule has 0 saturated heterocycles. The standard InChI is InChI=1S/C11H18N2O5S2/c12-18-5-7(14)10(16)11(17)8(15)6-19-20-9-3-1-2-4-13-9/h1-4,7-8,10-11,14-17H,5-6,12H2/t7-,8-,10-,11-/m1/s1. The van der Waals surface area contributed by atoms with E-state index < -0.39 is 24.4 Å². The molecule has 114 valence electrons. The quantitative estimate of drug-likeness (QED) is 0.292. The van der Waals surface area contributed by atoms with Crippen LogP contribution in [0.5, 0.6) is 0 Å². The highest BCUT2D eigenvalue weighted by atomic mass is 33.1. The molecule has 6 N–H and O–H groups in total. The molecule has 0 unspecified atom stereocenters. The van der Waals surface area contributed by atoms with Gasteiger partial charge in [0.05, 0.1) is 12.7 Å². The van der Waals surface area contributed by atoms with E-state index in [2.05, 4.69) is 9.82 Å². The first-order valence-electron chi connectivity index (χ1n) is 5.80. The SMILES string of the molecule is NOC[C@@H](O)[C@@H](O)[C@H](O)[C@H](O)CSSc1ccccn1. The van der Waals surface area contributed by atoms with Crippen LogP contribution in [0, 0.1) is 0 Å². The number of hydrogen-bond donors (Lipinski definition) is 5. The van der Waals surface area contributed by atoms with Crippen molar-refractivity contribution in [3.05, 3.63) is 24.4 Å². The van der Waals surface area contributed by atoms with Crippen molar-refractivity contribution in [3.8, 4) is 0 Å². The number of hydrogen-bond acceptors (Lipinski definition) is 9. The molecule has 0 amide bonds. The van der Waals surface area contributed by atoms with Crippen molar-refractivity contribution in [1.82, 2.24) is 4.98 Å². The predicted molar refractivity (Wildman–Crippen MR) is 76.7 cm³/mol. The van der Waals surface area contributed by atoms with E-state index in [-0.39, 0.29) is 12.4 Å². The summed E-state index contributed by atoms with van der Waals surface area (Å²) in [6, 6.07) is 5.45. The van der Waals surface area contributed by atoms with E-state index in [0.29, 0.717) is 0 Å². The molecule has 0 aliphatic heterocycles. The monoisotopic (exact) mass is 322 g/mol. The van der Waals surface area contributed by atoms with E-state index in [0.717, 1.165) is 5.03 Å². The van der Waals surface area contributed by atoms with Gasteiger partial charge in [0.1, 0.15) is 23.3 Å². The van der Waals surface area contributed by atoms with Crippen LogP contribution < -0.4 is 5.90 Å². The predicted octanol–water partition coefficient (Wildman–Crippen LogP) is -0.844. The number of nitrogens with zero attached hydrogens (tertiary/aromatic N) is 1. The summed E-state index contributed by atoms with van der Waals surface area (Å²) < 4.78 is 0. The van der Waals surface area contributed by atoms with Crippen LogP contribution in [0.25, 0.3) is 0 Å². The molecule has 1 aromatic heterocycles. The normalized spacial score (nSPS) is 17.4. The molecule has 1 rings (SSSR count). The van der Waals surface area contributed by atoms with Crippen LogP contribution in [-0.4, -0.2) is 62.2 Å². The lowest BCUT2D eigenvalue weighted by atomic mass is 10.0. The molecule has 20 heavy (non-hydrogen) atoms. The molecule has 0 saturated carbocycles. The van der Waals surface area contributed by atoms with Gasteiger partial charge in [-0.1, -0.05) is 16.9 Å². The Bertz CT molecular complexity index is 373. The fraction of sp³-hybridized carbons (Fsp3) is 0.545. The maximum atomic E-state index is 9.74. The summed E-state index contributed by atoms with van der Waals surface area (Å²) in [5.74, 6) is 4.92. The third kappa shape index (κ3) is 5.94. The highest BCUT2D eigenvalue weighted by molar-refractivity contribution is 8.76. The van der Waals surface area contributed by atoms with Crippen LogP contribution in [0.2, 0.25) is 0 Å². The number of nitrogens with two attached hydrogens (primary N) is 1. The fourth-order valence-corrected chi connectivity index (χ4v) is 3.36. The van der Waals surface area contributed by atoms with E-state index in [1.165, 1.54) is 21.6 Å². The van der Waals surface area contributed by atoms with Gasteiger partial charge < -0.3 is 25.3 Å². The highest BCUT2D eigenvalue weighted by Gasteiger charge is 2.30. The Labute approximate surface area is 124 Å². The topological polar surface area (TPSA) is 129 Å². The molecule has 9 heteroatoms. The minimum Gasteiger partial charge on any atom is -0.389 e. The van der Waals surface area contributed by atoms with Gasteiger partial charge in [-0.05, 0) is 22.9 Å². The first-order chi connectivity index (χ1) is 9.56. The molecular formula is C11H18N2O5S2. The van der Waals surface area contributed by atoms with Crippen LogP contribution in [-0.2, 0) is 4.84 Å². The molecule has 0 aliphatic rings. The summed E-state index contributed by atoms with van der Waals surface area (Å²) in [6.45, 7) is -0.333. The van der Waals surface area contributed by atoms with Crippen LogP contribution in [0.3, 0.4) is 0 Å². The van der Waals surface area contributed by atoms with Gasteiger partial charge in [-0.2, -0.15) is 0 Å². The maximum Gasteiger partial charge on any atom is 0.111 e. The summed E-state index contributed by atoms with van der Waals surface area (Å²) in [6.07, 6.45) is -3.93. The third-order valence-corrected chi connectivity index (χ3v) is 4.71. The Hall–Kier alpha value is -0.390. The van der Waals surface area contributed by atoms with Crippen molar-refractivity contribution in [2.24, 2.45) is 5.90 Å². The van der Waals surface area contributed by atoms with Crippen LogP contribution in [0.4, 0.5) is 0 Å². The minimum atomic E-state index is -1.53. The molecule has 0 fully saturated rings.